The maximum absolute atomic E-state index is 12.8. The van der Waals surface area contributed by atoms with Crippen LogP contribution in [0.5, 0.6) is 0 Å². The van der Waals surface area contributed by atoms with Crippen LogP contribution >= 0.6 is 0 Å². The quantitative estimate of drug-likeness (QED) is 0.327. The zero-order valence-corrected chi connectivity index (χ0v) is 14.1. The fourth-order valence-electron chi connectivity index (χ4n) is 2.06. The molecule has 0 atom stereocenters. The van der Waals surface area contributed by atoms with E-state index in [1.54, 1.807) is 6.92 Å². The Morgan fingerprint density at radius 3 is 2.50 bits per heavy atom. The molecular formula is C18H19F3N3O2+. The van der Waals surface area contributed by atoms with Crippen LogP contribution in [0.2, 0.25) is 0 Å². The first-order valence-corrected chi connectivity index (χ1v) is 7.91. The summed E-state index contributed by atoms with van der Waals surface area (Å²) in [5.74, 6) is -0.656. The van der Waals surface area contributed by atoms with Gasteiger partial charge in [-0.15, -0.1) is 0 Å². The molecule has 2 rings (SSSR count). The number of hydrazine groups is 1. The van der Waals surface area contributed by atoms with Gasteiger partial charge in [-0.2, -0.15) is 18.6 Å². The molecule has 3 N–H and O–H groups in total. The van der Waals surface area contributed by atoms with E-state index in [9.17, 15) is 18.0 Å². The summed E-state index contributed by atoms with van der Waals surface area (Å²) in [6, 6.07) is 13.9. The molecule has 138 valence electrons. The fourth-order valence-corrected chi connectivity index (χ4v) is 2.06. The van der Waals surface area contributed by atoms with Crippen molar-refractivity contribution < 1.29 is 27.7 Å². The first-order chi connectivity index (χ1) is 12.4. The molecule has 0 unspecified atom stereocenters. The highest BCUT2D eigenvalue weighted by Gasteiger charge is 2.30. The Balaban J connectivity index is 2.10. The van der Waals surface area contributed by atoms with Crippen molar-refractivity contribution in [1.82, 2.24) is 5.43 Å². The number of esters is 1. The molecular weight excluding hydrogens is 347 g/mol. The minimum absolute atomic E-state index is 0.00638. The second-order valence-electron chi connectivity index (χ2n) is 5.26. The normalized spacial score (nSPS) is 11.8. The molecule has 0 spiro atoms. The van der Waals surface area contributed by atoms with E-state index in [4.69, 9.17) is 4.74 Å². The summed E-state index contributed by atoms with van der Waals surface area (Å²) in [6.07, 6.45) is -4.45. The lowest BCUT2D eigenvalue weighted by molar-refractivity contribution is -0.476. The Morgan fingerprint density at radius 2 is 1.85 bits per heavy atom. The highest BCUT2D eigenvalue weighted by molar-refractivity contribution is 6.32. The first-order valence-electron chi connectivity index (χ1n) is 7.91. The minimum atomic E-state index is -4.45. The number of anilines is 1. The topological polar surface area (TPSA) is 64.3 Å². The van der Waals surface area contributed by atoms with E-state index >= 15 is 0 Å². The van der Waals surface area contributed by atoms with Crippen molar-refractivity contribution >= 4 is 17.5 Å². The number of carbonyl (C=O) groups excluding carboxylic acids is 1. The number of ether oxygens (including phenoxy) is 1. The predicted octanol–water partition coefficient (Wildman–Crippen LogP) is 1.86. The predicted molar refractivity (Wildman–Crippen MR) is 91.0 cm³/mol. The van der Waals surface area contributed by atoms with Gasteiger partial charge in [0, 0.05) is 0 Å². The molecule has 0 bridgehead atoms. The molecule has 0 radical (unpaired) electrons. The number of hydrogen-bond acceptors (Lipinski definition) is 3. The molecule has 2 aromatic carbocycles. The van der Waals surface area contributed by atoms with Crippen LogP contribution in [-0.4, -0.2) is 18.4 Å². The maximum atomic E-state index is 12.8. The highest BCUT2D eigenvalue weighted by Crippen LogP contribution is 2.30. The van der Waals surface area contributed by atoms with Gasteiger partial charge in [0.05, 0.1) is 17.9 Å². The fraction of sp³-hybridized carbons (Fsp3) is 0.222. The van der Waals surface area contributed by atoms with E-state index in [0.717, 1.165) is 17.7 Å². The van der Waals surface area contributed by atoms with E-state index in [0.29, 0.717) is 6.54 Å². The monoisotopic (exact) mass is 366 g/mol. The van der Waals surface area contributed by atoms with Gasteiger partial charge in [-0.05, 0) is 30.7 Å². The second-order valence-corrected chi connectivity index (χ2v) is 5.26. The summed E-state index contributed by atoms with van der Waals surface area (Å²) in [4.78, 5) is 14.9. The van der Waals surface area contributed by atoms with Crippen LogP contribution < -0.4 is 15.8 Å². The molecule has 0 aliphatic rings. The number of nitrogens with one attached hydrogen (secondary N) is 3. The Labute approximate surface area is 148 Å². The zero-order chi connectivity index (χ0) is 19.0. The lowest BCUT2D eigenvalue weighted by Gasteiger charge is -2.09. The molecule has 0 aliphatic carbocycles. The average molecular weight is 366 g/mol. The van der Waals surface area contributed by atoms with Gasteiger partial charge in [-0.25, -0.2) is 10.2 Å². The molecule has 2 aromatic rings. The SMILES string of the molecule is CCOC(=O)C(NNc1cccc(C(F)(F)F)c1)=[NH+]Cc1ccccc1. The molecule has 0 fully saturated rings. The summed E-state index contributed by atoms with van der Waals surface area (Å²) < 4.78 is 43.2. The molecule has 0 heterocycles. The summed E-state index contributed by atoms with van der Waals surface area (Å²) in [7, 11) is 0. The summed E-state index contributed by atoms with van der Waals surface area (Å²) in [6.45, 7) is 2.17. The van der Waals surface area contributed by atoms with Gasteiger partial charge >= 0.3 is 18.0 Å². The minimum Gasteiger partial charge on any atom is -0.457 e. The Hall–Kier alpha value is -3.03. The van der Waals surface area contributed by atoms with Crippen LogP contribution in [0.15, 0.2) is 54.6 Å². The van der Waals surface area contributed by atoms with Crippen LogP contribution in [0, 0.1) is 0 Å². The number of alkyl halides is 3. The Kier molecular flexibility index (Phi) is 6.60. The van der Waals surface area contributed by atoms with Gasteiger partial charge < -0.3 is 4.74 Å². The zero-order valence-electron chi connectivity index (χ0n) is 14.1. The maximum Gasteiger partial charge on any atom is 0.423 e. The lowest BCUT2D eigenvalue weighted by atomic mass is 10.2. The molecule has 26 heavy (non-hydrogen) atoms. The molecule has 5 nitrogen and oxygen atoms in total. The number of carbonyl (C=O) groups is 1. The third-order valence-electron chi connectivity index (χ3n) is 3.31. The van der Waals surface area contributed by atoms with Crippen LogP contribution in [0.3, 0.4) is 0 Å². The van der Waals surface area contributed by atoms with Crippen LogP contribution in [-0.2, 0) is 22.3 Å². The van der Waals surface area contributed by atoms with E-state index in [-0.39, 0.29) is 18.1 Å². The van der Waals surface area contributed by atoms with Crippen molar-refractivity contribution in [2.24, 2.45) is 0 Å². The van der Waals surface area contributed by atoms with Crippen LogP contribution in [0.25, 0.3) is 0 Å². The van der Waals surface area contributed by atoms with Gasteiger partial charge in [-0.1, -0.05) is 36.4 Å². The number of amidine groups is 1. The van der Waals surface area contributed by atoms with Crippen LogP contribution in [0.1, 0.15) is 18.1 Å². The van der Waals surface area contributed by atoms with Gasteiger partial charge in [0.15, 0.2) is 0 Å². The van der Waals surface area contributed by atoms with E-state index in [1.807, 2.05) is 30.3 Å². The smallest absolute Gasteiger partial charge is 0.423 e. The van der Waals surface area contributed by atoms with Crippen molar-refractivity contribution in [3.8, 4) is 0 Å². The summed E-state index contributed by atoms with van der Waals surface area (Å²) in [5, 5.41) is 0. The van der Waals surface area contributed by atoms with Crippen molar-refractivity contribution in [3.05, 3.63) is 65.7 Å². The summed E-state index contributed by atoms with van der Waals surface area (Å²) in [5.41, 5.74) is 5.46. The number of rotatable bonds is 5. The van der Waals surface area contributed by atoms with Crippen molar-refractivity contribution in [1.29, 1.82) is 0 Å². The van der Waals surface area contributed by atoms with E-state index in [2.05, 4.69) is 15.8 Å². The molecule has 0 saturated carbocycles. The van der Waals surface area contributed by atoms with Crippen LogP contribution in [0.4, 0.5) is 18.9 Å². The molecule has 0 amide bonds. The number of halogens is 3. The third kappa shape index (κ3) is 5.80. The first kappa shape index (κ1) is 19.3. The van der Waals surface area contributed by atoms with E-state index < -0.39 is 17.7 Å². The highest BCUT2D eigenvalue weighted by atomic mass is 19.4. The third-order valence-corrected chi connectivity index (χ3v) is 3.31. The van der Waals surface area contributed by atoms with Gasteiger partial charge in [0.2, 0.25) is 0 Å². The molecule has 8 heteroatoms. The van der Waals surface area contributed by atoms with Crippen molar-refractivity contribution in [2.75, 3.05) is 12.0 Å². The standard InChI is InChI=1S/C18H18F3N3O2/c1-2-26-17(25)16(22-12-13-7-4-3-5-8-13)24-23-15-10-6-9-14(11-15)18(19,20)21/h3-11,23H,2,12H2,1H3,(H,22,24)/p+1. The average Bonchev–Trinajstić information content (AvgIpc) is 2.62. The number of benzene rings is 2. The largest absolute Gasteiger partial charge is 0.457 e. The van der Waals surface area contributed by atoms with Gasteiger partial charge in [-0.3, -0.25) is 4.99 Å². The molecule has 0 aromatic heterocycles. The molecule has 0 saturated heterocycles. The Bertz CT molecular complexity index is 762. The Morgan fingerprint density at radius 1 is 1.12 bits per heavy atom. The van der Waals surface area contributed by atoms with Gasteiger partial charge in [0.25, 0.3) is 0 Å². The van der Waals surface area contributed by atoms with E-state index in [1.165, 1.54) is 12.1 Å². The second kappa shape index (κ2) is 8.89. The molecule has 0 aliphatic heterocycles. The van der Waals surface area contributed by atoms with Crippen molar-refractivity contribution in [2.45, 2.75) is 19.6 Å². The lowest BCUT2D eigenvalue weighted by Crippen LogP contribution is -2.77. The number of hydrogen-bond donors (Lipinski definition) is 3. The van der Waals surface area contributed by atoms with Crippen molar-refractivity contribution in [3.63, 3.8) is 0 Å². The van der Waals surface area contributed by atoms with Gasteiger partial charge in [0.1, 0.15) is 6.54 Å². The summed E-state index contributed by atoms with van der Waals surface area (Å²) >= 11 is 0.